The molecule has 0 saturated heterocycles. The van der Waals surface area contributed by atoms with Gasteiger partial charge in [-0.15, -0.1) is 0 Å². The number of nitrogens with one attached hydrogen (secondary N) is 2. The zero-order chi connectivity index (χ0) is 18.6. The standard InChI is InChI=1S/C19H27N3O3/c1-11(2)7-14(10-19(24)25)20-18(23)6-5-17-21-15-8-12(3)13(4)9-16(15)22-17/h8-9,11,14H,5-7,10H2,1-4H3,(H,20,23)(H,21,22)(H,24,25)/t14-/m0/s1. The van der Waals surface area contributed by atoms with Crippen molar-refractivity contribution in [3.63, 3.8) is 0 Å². The van der Waals surface area contributed by atoms with Crippen LogP contribution in [0.1, 0.15) is 50.1 Å². The van der Waals surface area contributed by atoms with E-state index in [1.165, 1.54) is 11.1 Å². The second kappa shape index (κ2) is 8.14. The smallest absolute Gasteiger partial charge is 0.305 e. The number of aliphatic carboxylic acids is 1. The lowest BCUT2D eigenvalue weighted by Gasteiger charge is -2.18. The first-order chi connectivity index (χ1) is 11.7. The third-order valence-corrected chi connectivity index (χ3v) is 4.28. The Balaban J connectivity index is 1.95. The summed E-state index contributed by atoms with van der Waals surface area (Å²) in [5.41, 5.74) is 4.27. The summed E-state index contributed by atoms with van der Waals surface area (Å²) in [6.45, 7) is 8.13. The van der Waals surface area contributed by atoms with Crippen LogP contribution in [-0.4, -0.2) is 33.0 Å². The Morgan fingerprint density at radius 3 is 2.56 bits per heavy atom. The van der Waals surface area contributed by atoms with Crippen LogP contribution in [0.5, 0.6) is 0 Å². The lowest BCUT2D eigenvalue weighted by atomic mass is 10.0. The average molecular weight is 345 g/mol. The van der Waals surface area contributed by atoms with Crippen LogP contribution in [-0.2, 0) is 16.0 Å². The van der Waals surface area contributed by atoms with Gasteiger partial charge in [-0.1, -0.05) is 13.8 Å². The molecule has 0 aliphatic carbocycles. The van der Waals surface area contributed by atoms with E-state index in [4.69, 9.17) is 5.11 Å². The molecular formula is C19H27N3O3. The van der Waals surface area contributed by atoms with Gasteiger partial charge in [-0.05, 0) is 49.4 Å². The molecule has 1 aromatic carbocycles. The average Bonchev–Trinajstić information content (AvgIpc) is 2.86. The molecule has 0 radical (unpaired) electrons. The van der Waals surface area contributed by atoms with Crippen LogP contribution in [0.15, 0.2) is 12.1 Å². The summed E-state index contributed by atoms with van der Waals surface area (Å²) in [6.07, 6.45) is 1.39. The van der Waals surface area contributed by atoms with E-state index in [9.17, 15) is 9.59 Å². The molecule has 1 heterocycles. The predicted octanol–water partition coefficient (Wildman–Crippen LogP) is 3.12. The molecule has 136 valence electrons. The third kappa shape index (κ3) is 5.59. The van der Waals surface area contributed by atoms with E-state index < -0.39 is 5.97 Å². The number of carbonyl (C=O) groups is 2. The minimum absolute atomic E-state index is 0.0485. The van der Waals surface area contributed by atoms with Crippen LogP contribution in [0.4, 0.5) is 0 Å². The molecule has 0 aliphatic rings. The Hall–Kier alpha value is -2.37. The van der Waals surface area contributed by atoms with Gasteiger partial charge in [0.15, 0.2) is 0 Å². The number of H-pyrrole nitrogens is 1. The number of aromatic nitrogens is 2. The minimum atomic E-state index is -0.894. The number of rotatable bonds is 8. The van der Waals surface area contributed by atoms with Gasteiger partial charge in [0, 0.05) is 18.9 Å². The second-order valence-corrected chi connectivity index (χ2v) is 7.13. The third-order valence-electron chi connectivity index (χ3n) is 4.28. The molecule has 0 spiro atoms. The highest BCUT2D eigenvalue weighted by Gasteiger charge is 2.17. The van der Waals surface area contributed by atoms with Gasteiger partial charge in [-0.2, -0.15) is 0 Å². The van der Waals surface area contributed by atoms with Crippen LogP contribution in [0.3, 0.4) is 0 Å². The number of carboxylic acid groups (broad SMARTS) is 1. The van der Waals surface area contributed by atoms with Crippen molar-refractivity contribution in [2.75, 3.05) is 0 Å². The van der Waals surface area contributed by atoms with E-state index in [-0.39, 0.29) is 24.8 Å². The van der Waals surface area contributed by atoms with Crippen LogP contribution < -0.4 is 5.32 Å². The molecule has 0 unspecified atom stereocenters. The zero-order valence-corrected chi connectivity index (χ0v) is 15.3. The van der Waals surface area contributed by atoms with Crippen molar-refractivity contribution in [2.24, 2.45) is 5.92 Å². The minimum Gasteiger partial charge on any atom is -0.481 e. The fourth-order valence-electron chi connectivity index (χ4n) is 2.95. The number of carbonyl (C=O) groups excluding carboxylic acids is 1. The number of hydrogen-bond acceptors (Lipinski definition) is 3. The molecule has 2 aromatic rings. The SMILES string of the molecule is Cc1cc2nc(CCC(=O)N[C@H](CC(=O)O)CC(C)C)[nH]c2cc1C. The predicted molar refractivity (Wildman–Crippen MR) is 97.5 cm³/mol. The number of fused-ring (bicyclic) bond motifs is 1. The largest absolute Gasteiger partial charge is 0.481 e. The van der Waals surface area contributed by atoms with Crippen molar-refractivity contribution >= 4 is 22.9 Å². The lowest BCUT2D eigenvalue weighted by molar-refractivity contribution is -0.137. The van der Waals surface area contributed by atoms with Crippen molar-refractivity contribution in [3.05, 3.63) is 29.1 Å². The monoisotopic (exact) mass is 345 g/mol. The van der Waals surface area contributed by atoms with Gasteiger partial charge >= 0.3 is 5.97 Å². The van der Waals surface area contributed by atoms with Crippen molar-refractivity contribution < 1.29 is 14.7 Å². The number of aryl methyl sites for hydroxylation is 3. The summed E-state index contributed by atoms with van der Waals surface area (Å²) >= 11 is 0. The fourth-order valence-corrected chi connectivity index (χ4v) is 2.95. The lowest BCUT2D eigenvalue weighted by Crippen LogP contribution is -2.37. The molecule has 2 rings (SSSR count). The molecule has 3 N–H and O–H groups in total. The van der Waals surface area contributed by atoms with E-state index in [0.29, 0.717) is 18.8 Å². The summed E-state index contributed by atoms with van der Waals surface area (Å²) < 4.78 is 0. The molecule has 0 aliphatic heterocycles. The first kappa shape index (κ1) is 19.0. The Morgan fingerprint density at radius 1 is 1.24 bits per heavy atom. The van der Waals surface area contributed by atoms with Gasteiger partial charge in [-0.3, -0.25) is 9.59 Å². The van der Waals surface area contributed by atoms with Crippen molar-refractivity contribution in [2.45, 2.75) is 59.4 Å². The fraction of sp³-hybridized carbons (Fsp3) is 0.526. The Labute approximate surface area is 148 Å². The van der Waals surface area contributed by atoms with Crippen molar-refractivity contribution in [3.8, 4) is 0 Å². The molecular weight excluding hydrogens is 318 g/mol. The number of amides is 1. The quantitative estimate of drug-likeness (QED) is 0.685. The van der Waals surface area contributed by atoms with Gasteiger partial charge < -0.3 is 15.4 Å². The van der Waals surface area contributed by atoms with Crippen LogP contribution >= 0.6 is 0 Å². The number of nitrogens with zero attached hydrogens (tertiary/aromatic N) is 1. The highest BCUT2D eigenvalue weighted by molar-refractivity contribution is 5.79. The maximum Gasteiger partial charge on any atom is 0.305 e. The molecule has 1 atom stereocenters. The van der Waals surface area contributed by atoms with E-state index in [1.54, 1.807) is 0 Å². The molecule has 1 aromatic heterocycles. The first-order valence-corrected chi connectivity index (χ1v) is 8.71. The summed E-state index contributed by atoms with van der Waals surface area (Å²) in [6, 6.07) is 3.77. The molecule has 0 fully saturated rings. The van der Waals surface area contributed by atoms with E-state index in [1.807, 2.05) is 26.8 Å². The molecule has 6 nitrogen and oxygen atoms in total. The number of imidazole rings is 1. The van der Waals surface area contributed by atoms with Crippen LogP contribution in [0.25, 0.3) is 11.0 Å². The second-order valence-electron chi connectivity index (χ2n) is 7.13. The topological polar surface area (TPSA) is 95.1 Å². The number of hydrogen-bond donors (Lipinski definition) is 3. The maximum absolute atomic E-state index is 12.2. The summed E-state index contributed by atoms with van der Waals surface area (Å²) in [5.74, 6) is 0.0639. The van der Waals surface area contributed by atoms with Gasteiger partial charge in [0.2, 0.25) is 5.91 Å². The van der Waals surface area contributed by atoms with Crippen molar-refractivity contribution in [1.82, 2.24) is 15.3 Å². The van der Waals surface area contributed by atoms with Gasteiger partial charge in [0.1, 0.15) is 5.82 Å². The van der Waals surface area contributed by atoms with Crippen LogP contribution in [0, 0.1) is 19.8 Å². The Morgan fingerprint density at radius 2 is 1.92 bits per heavy atom. The highest BCUT2D eigenvalue weighted by atomic mass is 16.4. The van der Waals surface area contributed by atoms with E-state index in [2.05, 4.69) is 28.3 Å². The molecule has 0 saturated carbocycles. The molecule has 0 bridgehead atoms. The summed E-state index contributed by atoms with van der Waals surface area (Å²) in [7, 11) is 0. The van der Waals surface area contributed by atoms with Crippen molar-refractivity contribution in [1.29, 1.82) is 0 Å². The number of aromatic amines is 1. The Bertz CT molecular complexity index is 726. The number of carboxylic acids is 1. The molecule has 6 heteroatoms. The number of benzene rings is 1. The highest BCUT2D eigenvalue weighted by Crippen LogP contribution is 2.18. The normalized spacial score (nSPS) is 12.5. The van der Waals surface area contributed by atoms with Crippen LogP contribution in [0.2, 0.25) is 0 Å². The summed E-state index contributed by atoms with van der Waals surface area (Å²) in [4.78, 5) is 30.9. The van der Waals surface area contributed by atoms with E-state index >= 15 is 0 Å². The summed E-state index contributed by atoms with van der Waals surface area (Å²) in [5, 5.41) is 11.8. The van der Waals surface area contributed by atoms with Gasteiger partial charge in [0.05, 0.1) is 17.5 Å². The molecule has 1 amide bonds. The molecule has 25 heavy (non-hydrogen) atoms. The van der Waals surface area contributed by atoms with Gasteiger partial charge in [0.25, 0.3) is 0 Å². The Kier molecular flexibility index (Phi) is 6.17. The van der Waals surface area contributed by atoms with E-state index in [0.717, 1.165) is 16.9 Å². The first-order valence-electron chi connectivity index (χ1n) is 8.71. The van der Waals surface area contributed by atoms with Gasteiger partial charge in [-0.25, -0.2) is 4.98 Å². The zero-order valence-electron chi connectivity index (χ0n) is 15.3. The maximum atomic E-state index is 12.2.